The second-order valence-electron chi connectivity index (χ2n) is 5.55. The highest BCUT2D eigenvalue weighted by Gasteiger charge is 2.39. The molecule has 16 heavy (non-hydrogen) atoms. The van der Waals surface area contributed by atoms with Gasteiger partial charge in [-0.2, -0.15) is 0 Å². The summed E-state index contributed by atoms with van der Waals surface area (Å²) in [6, 6.07) is 10.8. The van der Waals surface area contributed by atoms with E-state index in [0.717, 1.165) is 6.42 Å². The molecule has 0 spiro atoms. The van der Waals surface area contributed by atoms with Crippen molar-refractivity contribution in [2.24, 2.45) is 0 Å². The van der Waals surface area contributed by atoms with Gasteiger partial charge in [-0.25, -0.2) is 0 Å². The fourth-order valence-electron chi connectivity index (χ4n) is 3.03. The summed E-state index contributed by atoms with van der Waals surface area (Å²) in [6.07, 6.45) is 4.67. The Morgan fingerprint density at radius 3 is 2.31 bits per heavy atom. The molecule has 1 fully saturated rings. The first-order chi connectivity index (χ1) is 7.62. The molecular weight excluding hydrogens is 212 g/mol. The molecule has 1 aromatic carbocycles. The lowest BCUT2D eigenvalue weighted by Gasteiger charge is -2.39. The summed E-state index contributed by atoms with van der Waals surface area (Å²) < 4.78 is 0. The maximum atomic E-state index is 10.2. The van der Waals surface area contributed by atoms with Crippen LogP contribution in [0.2, 0.25) is 18.6 Å². The molecular formula is C14H22OSi. The van der Waals surface area contributed by atoms with Crippen LogP contribution < -0.4 is 5.19 Å². The van der Waals surface area contributed by atoms with E-state index >= 15 is 0 Å². The van der Waals surface area contributed by atoms with Gasteiger partial charge in [0, 0.05) is 0 Å². The number of rotatable bonds is 2. The first-order valence-electron chi connectivity index (χ1n) is 6.36. The summed E-state index contributed by atoms with van der Waals surface area (Å²) in [5.74, 6) is 0. The van der Waals surface area contributed by atoms with Crippen LogP contribution in [0.4, 0.5) is 0 Å². The van der Waals surface area contributed by atoms with Crippen LogP contribution in [0.1, 0.15) is 25.7 Å². The number of hydrogen-bond acceptors (Lipinski definition) is 1. The summed E-state index contributed by atoms with van der Waals surface area (Å²) in [6.45, 7) is 4.81. The minimum Gasteiger partial charge on any atom is -0.393 e. The molecule has 1 aromatic rings. The van der Waals surface area contributed by atoms with Crippen LogP contribution in [0.3, 0.4) is 0 Å². The molecule has 0 amide bonds. The standard InChI is InChI=1S/C14H22OSi/c1-16(2,12-8-4-3-5-9-12)14-11-7-6-10-13(14)15/h3-5,8-9,13-15H,6-7,10-11H2,1-2H3/t13-,14-/m0/s1. The smallest absolute Gasteiger partial charge is 0.0862 e. The molecule has 0 aromatic heterocycles. The molecule has 88 valence electrons. The van der Waals surface area contributed by atoms with Crippen molar-refractivity contribution in [2.45, 2.75) is 50.4 Å². The van der Waals surface area contributed by atoms with Crippen molar-refractivity contribution >= 4 is 13.3 Å². The van der Waals surface area contributed by atoms with Gasteiger partial charge >= 0.3 is 0 Å². The average molecular weight is 234 g/mol. The summed E-state index contributed by atoms with van der Waals surface area (Å²) in [5, 5.41) is 11.7. The van der Waals surface area contributed by atoms with Gasteiger partial charge in [0.25, 0.3) is 0 Å². The van der Waals surface area contributed by atoms with Gasteiger partial charge in [0.15, 0.2) is 0 Å². The molecule has 0 radical (unpaired) electrons. The van der Waals surface area contributed by atoms with Crippen molar-refractivity contribution in [1.82, 2.24) is 0 Å². The Balaban J connectivity index is 2.23. The lowest BCUT2D eigenvalue weighted by Crippen LogP contribution is -2.50. The predicted octanol–water partition coefficient (Wildman–Crippen LogP) is 2.91. The SMILES string of the molecule is C[Si](C)(c1ccccc1)[C@H]1CCCC[C@@H]1O. The lowest BCUT2D eigenvalue weighted by molar-refractivity contribution is 0.128. The van der Waals surface area contributed by atoms with Gasteiger partial charge in [-0.15, -0.1) is 0 Å². The number of aliphatic hydroxyl groups excluding tert-OH is 1. The summed E-state index contributed by atoms with van der Waals surface area (Å²) in [4.78, 5) is 0. The van der Waals surface area contributed by atoms with Crippen LogP contribution in [0, 0.1) is 0 Å². The number of aliphatic hydroxyl groups is 1. The zero-order chi connectivity index (χ0) is 11.6. The molecule has 0 aliphatic heterocycles. The zero-order valence-electron chi connectivity index (χ0n) is 10.3. The molecule has 0 saturated heterocycles. The van der Waals surface area contributed by atoms with E-state index in [0.29, 0.717) is 5.54 Å². The Morgan fingerprint density at radius 1 is 1.06 bits per heavy atom. The van der Waals surface area contributed by atoms with Crippen LogP contribution in [0.25, 0.3) is 0 Å². The Morgan fingerprint density at radius 2 is 1.69 bits per heavy atom. The third-order valence-corrected chi connectivity index (χ3v) is 8.52. The first-order valence-corrected chi connectivity index (χ1v) is 9.43. The van der Waals surface area contributed by atoms with Gasteiger partial charge in [0.05, 0.1) is 14.2 Å². The number of benzene rings is 1. The molecule has 1 aliphatic rings. The van der Waals surface area contributed by atoms with E-state index in [9.17, 15) is 5.11 Å². The van der Waals surface area contributed by atoms with Gasteiger partial charge < -0.3 is 5.11 Å². The van der Waals surface area contributed by atoms with Crippen LogP contribution in [0.15, 0.2) is 30.3 Å². The maximum absolute atomic E-state index is 10.2. The van der Waals surface area contributed by atoms with Crippen LogP contribution in [0.5, 0.6) is 0 Å². The molecule has 1 nitrogen and oxygen atoms in total. The van der Waals surface area contributed by atoms with Crippen molar-refractivity contribution in [3.05, 3.63) is 30.3 Å². The molecule has 0 bridgehead atoms. The van der Waals surface area contributed by atoms with E-state index in [4.69, 9.17) is 0 Å². The monoisotopic (exact) mass is 234 g/mol. The van der Waals surface area contributed by atoms with Gasteiger partial charge in [0.2, 0.25) is 0 Å². The van der Waals surface area contributed by atoms with Crippen molar-refractivity contribution in [3.8, 4) is 0 Å². The summed E-state index contributed by atoms with van der Waals surface area (Å²) in [5.41, 5.74) is 0.545. The minimum atomic E-state index is -1.49. The summed E-state index contributed by atoms with van der Waals surface area (Å²) >= 11 is 0. The fourth-order valence-corrected chi connectivity index (χ4v) is 6.57. The van der Waals surface area contributed by atoms with Crippen molar-refractivity contribution < 1.29 is 5.11 Å². The van der Waals surface area contributed by atoms with Gasteiger partial charge in [-0.05, 0) is 12.0 Å². The topological polar surface area (TPSA) is 20.2 Å². The van der Waals surface area contributed by atoms with E-state index in [-0.39, 0.29) is 6.10 Å². The van der Waals surface area contributed by atoms with Gasteiger partial charge in [-0.3, -0.25) is 0 Å². The number of hydrogen-bond donors (Lipinski definition) is 1. The average Bonchev–Trinajstić information content (AvgIpc) is 2.30. The summed E-state index contributed by atoms with van der Waals surface area (Å²) in [7, 11) is -1.49. The van der Waals surface area contributed by atoms with Crippen molar-refractivity contribution in [2.75, 3.05) is 0 Å². The third kappa shape index (κ3) is 2.23. The second-order valence-corrected chi connectivity index (χ2v) is 10.3. The maximum Gasteiger partial charge on any atom is 0.0862 e. The first kappa shape index (κ1) is 11.9. The Bertz CT molecular complexity index is 334. The van der Waals surface area contributed by atoms with Crippen LogP contribution in [-0.4, -0.2) is 19.3 Å². The highest BCUT2D eigenvalue weighted by atomic mass is 28.3. The lowest BCUT2D eigenvalue weighted by atomic mass is 9.97. The molecule has 0 heterocycles. The Labute approximate surface area is 99.5 Å². The quantitative estimate of drug-likeness (QED) is 0.780. The Kier molecular flexibility index (Phi) is 3.50. The highest BCUT2D eigenvalue weighted by Crippen LogP contribution is 2.36. The molecule has 1 N–H and O–H groups in total. The molecule has 1 aliphatic carbocycles. The normalized spacial score (nSPS) is 26.7. The van der Waals surface area contributed by atoms with Crippen molar-refractivity contribution in [1.29, 1.82) is 0 Å². The Hall–Kier alpha value is -0.603. The molecule has 1 saturated carbocycles. The van der Waals surface area contributed by atoms with Gasteiger partial charge in [0.1, 0.15) is 0 Å². The van der Waals surface area contributed by atoms with E-state index in [1.807, 2.05) is 0 Å². The minimum absolute atomic E-state index is 0.0596. The van der Waals surface area contributed by atoms with E-state index < -0.39 is 8.07 Å². The van der Waals surface area contributed by atoms with E-state index in [2.05, 4.69) is 43.4 Å². The largest absolute Gasteiger partial charge is 0.393 e. The molecule has 0 unspecified atom stereocenters. The highest BCUT2D eigenvalue weighted by molar-refractivity contribution is 6.91. The van der Waals surface area contributed by atoms with Crippen LogP contribution >= 0.6 is 0 Å². The van der Waals surface area contributed by atoms with E-state index in [1.165, 1.54) is 24.4 Å². The third-order valence-electron chi connectivity index (χ3n) is 4.17. The van der Waals surface area contributed by atoms with Gasteiger partial charge in [-0.1, -0.05) is 67.9 Å². The van der Waals surface area contributed by atoms with Crippen LogP contribution in [-0.2, 0) is 0 Å². The fraction of sp³-hybridized carbons (Fsp3) is 0.571. The molecule has 2 rings (SSSR count). The second kappa shape index (κ2) is 4.72. The molecule has 2 atom stereocenters. The predicted molar refractivity (Wildman–Crippen MR) is 71.8 cm³/mol. The molecule has 2 heteroatoms. The van der Waals surface area contributed by atoms with Crippen molar-refractivity contribution in [3.63, 3.8) is 0 Å². The zero-order valence-corrected chi connectivity index (χ0v) is 11.3. The van der Waals surface area contributed by atoms with E-state index in [1.54, 1.807) is 0 Å².